The molecule has 0 fully saturated rings. The Bertz CT molecular complexity index is 1350. The molecule has 0 atom stereocenters. The van der Waals surface area contributed by atoms with Crippen LogP contribution in [0.3, 0.4) is 0 Å². The van der Waals surface area contributed by atoms with E-state index in [0.717, 1.165) is 21.7 Å². The summed E-state index contributed by atoms with van der Waals surface area (Å²) in [5, 5.41) is 7.73. The van der Waals surface area contributed by atoms with E-state index in [9.17, 15) is 4.79 Å². The van der Waals surface area contributed by atoms with Gasteiger partial charge in [0.15, 0.2) is 5.58 Å². The topological polar surface area (TPSA) is 85.0 Å². The fourth-order valence-corrected chi connectivity index (χ4v) is 4.08. The van der Waals surface area contributed by atoms with E-state index < -0.39 is 0 Å². The van der Waals surface area contributed by atoms with Crippen LogP contribution in [0.1, 0.15) is 16.1 Å². The maximum absolute atomic E-state index is 13.0. The van der Waals surface area contributed by atoms with Crippen LogP contribution in [0.5, 0.6) is 0 Å². The number of pyridine rings is 2. The van der Waals surface area contributed by atoms with E-state index >= 15 is 0 Å². The number of hydrogen-bond acceptors (Lipinski definition) is 7. The van der Waals surface area contributed by atoms with E-state index in [1.54, 1.807) is 42.7 Å². The fraction of sp³-hybridized carbons (Fsp3) is 0.0870. The van der Waals surface area contributed by atoms with E-state index in [-0.39, 0.29) is 5.91 Å². The summed E-state index contributed by atoms with van der Waals surface area (Å²) >= 11 is 1.51. The smallest absolute Gasteiger partial charge is 0.253 e. The standard InChI is InChI=1S/C23H17N5O2S/c1-28(13-17-6-2-3-10-25-17)23(29)15-7-8-20-18(11-15)21(27-30-20)19-14-31-22(26-19)16-5-4-9-24-12-16/h2-12,14H,13H2,1H3. The number of nitrogens with zero attached hydrogens (tertiary/aromatic N) is 5. The van der Waals surface area contributed by atoms with Crippen molar-refractivity contribution >= 4 is 28.2 Å². The van der Waals surface area contributed by atoms with Gasteiger partial charge in [-0.25, -0.2) is 4.98 Å². The first kappa shape index (κ1) is 19.1. The molecule has 0 spiro atoms. The van der Waals surface area contributed by atoms with Crippen molar-refractivity contribution in [2.24, 2.45) is 0 Å². The molecule has 0 saturated carbocycles. The molecular weight excluding hydrogens is 410 g/mol. The van der Waals surface area contributed by atoms with Crippen molar-refractivity contribution in [3.63, 3.8) is 0 Å². The Labute approximate surface area is 182 Å². The molecule has 4 aromatic heterocycles. The Morgan fingerprint density at radius 2 is 2.06 bits per heavy atom. The van der Waals surface area contributed by atoms with Gasteiger partial charge in [0.05, 0.1) is 17.6 Å². The fourth-order valence-electron chi connectivity index (χ4n) is 3.29. The lowest BCUT2D eigenvalue weighted by molar-refractivity contribution is 0.0783. The zero-order valence-corrected chi connectivity index (χ0v) is 17.4. The summed E-state index contributed by atoms with van der Waals surface area (Å²) in [6.45, 7) is 0.425. The Hall–Kier alpha value is -3.91. The summed E-state index contributed by atoms with van der Waals surface area (Å²) in [7, 11) is 1.76. The molecule has 0 aliphatic heterocycles. The minimum Gasteiger partial charge on any atom is -0.356 e. The van der Waals surface area contributed by atoms with E-state index in [1.165, 1.54) is 11.3 Å². The minimum absolute atomic E-state index is 0.103. The molecule has 1 aromatic carbocycles. The molecular formula is C23H17N5O2S. The van der Waals surface area contributed by atoms with Crippen molar-refractivity contribution in [2.75, 3.05) is 7.05 Å². The lowest BCUT2D eigenvalue weighted by Crippen LogP contribution is -2.26. The van der Waals surface area contributed by atoms with Crippen LogP contribution < -0.4 is 0 Å². The lowest BCUT2D eigenvalue weighted by atomic mass is 10.1. The highest BCUT2D eigenvalue weighted by Crippen LogP contribution is 2.32. The van der Waals surface area contributed by atoms with Crippen molar-refractivity contribution in [1.82, 2.24) is 25.0 Å². The largest absolute Gasteiger partial charge is 0.356 e. The predicted molar refractivity (Wildman–Crippen MR) is 118 cm³/mol. The minimum atomic E-state index is -0.103. The molecule has 0 unspecified atom stereocenters. The molecule has 31 heavy (non-hydrogen) atoms. The van der Waals surface area contributed by atoms with Gasteiger partial charge in [-0.3, -0.25) is 14.8 Å². The van der Waals surface area contributed by atoms with Gasteiger partial charge in [0.25, 0.3) is 5.91 Å². The SMILES string of the molecule is CN(Cc1ccccn1)C(=O)c1ccc2onc(-c3csc(-c4cccnc4)n3)c2c1. The lowest BCUT2D eigenvalue weighted by Gasteiger charge is -2.16. The monoisotopic (exact) mass is 427 g/mol. The van der Waals surface area contributed by atoms with Gasteiger partial charge in [-0.2, -0.15) is 0 Å². The highest BCUT2D eigenvalue weighted by atomic mass is 32.1. The van der Waals surface area contributed by atoms with E-state index in [1.807, 2.05) is 41.8 Å². The highest BCUT2D eigenvalue weighted by Gasteiger charge is 2.18. The Kier molecular flexibility index (Phi) is 4.97. The molecule has 0 radical (unpaired) electrons. The zero-order valence-electron chi connectivity index (χ0n) is 16.6. The third-order valence-electron chi connectivity index (χ3n) is 4.84. The van der Waals surface area contributed by atoms with Gasteiger partial charge in [0, 0.05) is 42.1 Å². The molecule has 5 rings (SSSR count). The first-order valence-electron chi connectivity index (χ1n) is 9.60. The molecule has 0 aliphatic carbocycles. The number of thiazole rings is 1. The van der Waals surface area contributed by atoms with Gasteiger partial charge < -0.3 is 9.42 Å². The Morgan fingerprint density at radius 3 is 2.87 bits per heavy atom. The average molecular weight is 427 g/mol. The van der Waals surface area contributed by atoms with Crippen LogP contribution in [-0.2, 0) is 6.54 Å². The van der Waals surface area contributed by atoms with Crippen molar-refractivity contribution in [2.45, 2.75) is 6.54 Å². The molecule has 5 aromatic rings. The Morgan fingerprint density at radius 1 is 1.13 bits per heavy atom. The molecule has 0 saturated heterocycles. The number of amides is 1. The number of benzene rings is 1. The second-order valence-corrected chi connectivity index (χ2v) is 7.86. The van der Waals surface area contributed by atoms with Crippen LogP contribution in [0.2, 0.25) is 0 Å². The highest BCUT2D eigenvalue weighted by molar-refractivity contribution is 7.13. The van der Waals surface area contributed by atoms with Crippen LogP contribution in [0.15, 0.2) is 77.0 Å². The third kappa shape index (κ3) is 3.80. The number of fused-ring (bicyclic) bond motifs is 1. The zero-order chi connectivity index (χ0) is 21.2. The summed E-state index contributed by atoms with van der Waals surface area (Å²) in [4.78, 5) is 27.7. The first-order valence-corrected chi connectivity index (χ1v) is 10.5. The molecule has 0 bridgehead atoms. The number of hydrogen-bond donors (Lipinski definition) is 0. The van der Waals surface area contributed by atoms with Gasteiger partial charge in [-0.05, 0) is 42.5 Å². The van der Waals surface area contributed by atoms with Crippen molar-refractivity contribution in [1.29, 1.82) is 0 Å². The van der Waals surface area contributed by atoms with E-state index in [2.05, 4.69) is 15.1 Å². The molecule has 4 heterocycles. The average Bonchev–Trinajstić information content (AvgIpc) is 3.46. The summed E-state index contributed by atoms with van der Waals surface area (Å²) in [5.74, 6) is -0.103. The van der Waals surface area contributed by atoms with Crippen molar-refractivity contribution < 1.29 is 9.32 Å². The van der Waals surface area contributed by atoms with E-state index in [0.29, 0.717) is 29.1 Å². The van der Waals surface area contributed by atoms with Gasteiger partial charge in [0.2, 0.25) is 0 Å². The third-order valence-corrected chi connectivity index (χ3v) is 5.74. The normalized spacial score (nSPS) is 11.0. The van der Waals surface area contributed by atoms with Crippen molar-refractivity contribution in [3.05, 3.63) is 83.8 Å². The number of carbonyl (C=O) groups is 1. The molecule has 0 aliphatic rings. The molecule has 7 nitrogen and oxygen atoms in total. The van der Waals surface area contributed by atoms with Crippen molar-refractivity contribution in [3.8, 4) is 22.0 Å². The predicted octanol–water partition coefficient (Wildman–Crippen LogP) is 4.68. The summed E-state index contributed by atoms with van der Waals surface area (Å²) in [6.07, 6.45) is 5.22. The van der Waals surface area contributed by atoms with Gasteiger partial charge in [0.1, 0.15) is 16.4 Å². The summed E-state index contributed by atoms with van der Waals surface area (Å²) in [5.41, 5.74) is 4.25. The summed E-state index contributed by atoms with van der Waals surface area (Å²) < 4.78 is 5.48. The second kappa shape index (κ2) is 8.08. The second-order valence-electron chi connectivity index (χ2n) is 7.00. The number of rotatable bonds is 5. The van der Waals surface area contributed by atoms with Gasteiger partial charge in [-0.15, -0.1) is 11.3 Å². The maximum Gasteiger partial charge on any atom is 0.253 e. The maximum atomic E-state index is 13.0. The van der Waals surface area contributed by atoms with Crippen LogP contribution in [0, 0.1) is 0 Å². The summed E-state index contributed by atoms with van der Waals surface area (Å²) in [6, 6.07) is 14.8. The molecule has 152 valence electrons. The quantitative estimate of drug-likeness (QED) is 0.405. The first-order chi connectivity index (χ1) is 15.2. The van der Waals surface area contributed by atoms with Gasteiger partial charge in [-0.1, -0.05) is 11.2 Å². The number of aromatic nitrogens is 4. The van der Waals surface area contributed by atoms with Crippen LogP contribution >= 0.6 is 11.3 Å². The van der Waals surface area contributed by atoms with Crippen LogP contribution in [0.4, 0.5) is 0 Å². The molecule has 8 heteroatoms. The van der Waals surface area contributed by atoms with Gasteiger partial charge >= 0.3 is 0 Å². The van der Waals surface area contributed by atoms with Crippen LogP contribution in [0.25, 0.3) is 32.9 Å². The number of carbonyl (C=O) groups excluding carboxylic acids is 1. The van der Waals surface area contributed by atoms with Crippen LogP contribution in [-0.4, -0.2) is 38.0 Å². The Balaban J connectivity index is 1.45. The molecule has 0 N–H and O–H groups in total. The van der Waals surface area contributed by atoms with E-state index in [4.69, 9.17) is 9.51 Å². The molecule has 1 amide bonds.